The number of hydrogen-bond acceptors (Lipinski definition) is 3. The topological polar surface area (TPSA) is 58.4 Å². The van der Waals surface area contributed by atoms with Gasteiger partial charge in [-0.2, -0.15) is 0 Å². The number of nitrogens with one attached hydrogen (secondary N) is 1. The second kappa shape index (κ2) is 6.61. The van der Waals surface area contributed by atoms with Gasteiger partial charge in [-0.3, -0.25) is 4.79 Å². The SMILES string of the molecule is CN(C)Cc1ccccc1NC(=O)c1ccc(Cl)cc1N. The number of para-hydroxylation sites is 1. The number of nitrogens with zero attached hydrogens (tertiary/aromatic N) is 1. The van der Waals surface area contributed by atoms with Crippen molar-refractivity contribution in [1.29, 1.82) is 0 Å². The average Bonchev–Trinajstić information content (AvgIpc) is 2.40. The third-order valence-corrected chi connectivity index (χ3v) is 3.25. The molecule has 0 saturated heterocycles. The summed E-state index contributed by atoms with van der Waals surface area (Å²) in [5, 5.41) is 3.41. The zero-order valence-corrected chi connectivity index (χ0v) is 12.8. The summed E-state index contributed by atoms with van der Waals surface area (Å²) in [6, 6.07) is 12.6. The van der Waals surface area contributed by atoms with Crippen LogP contribution < -0.4 is 11.1 Å². The van der Waals surface area contributed by atoms with E-state index in [1.54, 1.807) is 18.2 Å². The van der Waals surface area contributed by atoms with E-state index in [0.29, 0.717) is 16.3 Å². The molecule has 0 radical (unpaired) electrons. The number of carbonyl (C=O) groups excluding carboxylic acids is 1. The molecule has 0 atom stereocenters. The first-order valence-corrected chi connectivity index (χ1v) is 6.94. The number of benzene rings is 2. The third-order valence-electron chi connectivity index (χ3n) is 3.01. The van der Waals surface area contributed by atoms with Gasteiger partial charge in [-0.15, -0.1) is 0 Å². The van der Waals surface area contributed by atoms with E-state index in [-0.39, 0.29) is 5.91 Å². The summed E-state index contributed by atoms with van der Waals surface area (Å²) in [6.07, 6.45) is 0. The smallest absolute Gasteiger partial charge is 0.257 e. The van der Waals surface area contributed by atoms with E-state index in [1.807, 2.05) is 43.3 Å². The monoisotopic (exact) mass is 303 g/mol. The molecule has 3 N–H and O–H groups in total. The van der Waals surface area contributed by atoms with E-state index in [9.17, 15) is 4.79 Å². The van der Waals surface area contributed by atoms with Crippen molar-refractivity contribution in [2.24, 2.45) is 0 Å². The zero-order valence-electron chi connectivity index (χ0n) is 12.1. The molecule has 1 amide bonds. The van der Waals surface area contributed by atoms with E-state index >= 15 is 0 Å². The van der Waals surface area contributed by atoms with Crippen LogP contribution in [0.1, 0.15) is 15.9 Å². The lowest BCUT2D eigenvalue weighted by Crippen LogP contribution is -2.17. The van der Waals surface area contributed by atoms with Crippen LogP contribution in [-0.4, -0.2) is 24.9 Å². The van der Waals surface area contributed by atoms with Crippen molar-refractivity contribution in [3.63, 3.8) is 0 Å². The molecule has 0 unspecified atom stereocenters. The van der Waals surface area contributed by atoms with Crippen molar-refractivity contribution < 1.29 is 4.79 Å². The first-order valence-electron chi connectivity index (χ1n) is 6.56. The predicted octanol–water partition coefficient (Wildman–Crippen LogP) is 3.24. The molecule has 0 aromatic heterocycles. The maximum atomic E-state index is 12.3. The van der Waals surface area contributed by atoms with Crippen LogP contribution in [0.15, 0.2) is 42.5 Å². The second-order valence-corrected chi connectivity index (χ2v) is 5.52. The highest BCUT2D eigenvalue weighted by atomic mass is 35.5. The molecule has 0 aliphatic rings. The molecule has 21 heavy (non-hydrogen) atoms. The Kier molecular flexibility index (Phi) is 4.83. The summed E-state index contributed by atoms with van der Waals surface area (Å²) in [7, 11) is 3.96. The molecule has 0 spiro atoms. The van der Waals surface area contributed by atoms with Crippen LogP contribution in [0.3, 0.4) is 0 Å². The van der Waals surface area contributed by atoms with Gasteiger partial charge >= 0.3 is 0 Å². The summed E-state index contributed by atoms with van der Waals surface area (Å²) < 4.78 is 0. The number of carbonyl (C=O) groups is 1. The maximum Gasteiger partial charge on any atom is 0.257 e. The zero-order chi connectivity index (χ0) is 15.4. The lowest BCUT2D eigenvalue weighted by molar-refractivity contribution is 0.102. The Balaban J connectivity index is 2.23. The molecule has 110 valence electrons. The Labute approximate surface area is 129 Å². The summed E-state index contributed by atoms with van der Waals surface area (Å²) in [5.41, 5.74) is 8.45. The van der Waals surface area contributed by atoms with Crippen LogP contribution in [0, 0.1) is 0 Å². The van der Waals surface area contributed by atoms with Gasteiger partial charge in [-0.25, -0.2) is 0 Å². The van der Waals surface area contributed by atoms with Crippen molar-refractivity contribution in [3.05, 3.63) is 58.6 Å². The van der Waals surface area contributed by atoms with Crippen molar-refractivity contribution in [2.75, 3.05) is 25.1 Å². The van der Waals surface area contributed by atoms with Gasteiger partial charge in [0.05, 0.1) is 5.56 Å². The van der Waals surface area contributed by atoms with Crippen LogP contribution in [-0.2, 0) is 6.54 Å². The minimum absolute atomic E-state index is 0.240. The van der Waals surface area contributed by atoms with E-state index in [4.69, 9.17) is 17.3 Å². The van der Waals surface area contributed by atoms with Gasteiger partial charge in [0, 0.05) is 22.9 Å². The Morgan fingerprint density at radius 3 is 2.62 bits per heavy atom. The summed E-state index contributed by atoms with van der Waals surface area (Å²) >= 11 is 5.85. The number of nitrogen functional groups attached to an aromatic ring is 1. The fourth-order valence-electron chi connectivity index (χ4n) is 2.05. The number of anilines is 2. The quantitative estimate of drug-likeness (QED) is 0.853. The van der Waals surface area contributed by atoms with Crippen LogP contribution >= 0.6 is 11.6 Å². The minimum atomic E-state index is -0.240. The van der Waals surface area contributed by atoms with Crippen molar-refractivity contribution in [3.8, 4) is 0 Å². The fraction of sp³-hybridized carbons (Fsp3) is 0.188. The highest BCUT2D eigenvalue weighted by Gasteiger charge is 2.12. The highest BCUT2D eigenvalue weighted by Crippen LogP contribution is 2.21. The lowest BCUT2D eigenvalue weighted by Gasteiger charge is -2.15. The lowest BCUT2D eigenvalue weighted by atomic mass is 10.1. The van der Waals surface area contributed by atoms with Gasteiger partial charge in [0.2, 0.25) is 0 Å². The fourth-order valence-corrected chi connectivity index (χ4v) is 2.23. The van der Waals surface area contributed by atoms with Gasteiger partial charge in [0.15, 0.2) is 0 Å². The molecule has 0 fully saturated rings. The van der Waals surface area contributed by atoms with Crippen molar-refractivity contribution in [1.82, 2.24) is 4.90 Å². The molecule has 5 heteroatoms. The molecule has 4 nitrogen and oxygen atoms in total. The number of halogens is 1. The minimum Gasteiger partial charge on any atom is -0.398 e. The Morgan fingerprint density at radius 2 is 1.95 bits per heavy atom. The Bertz CT molecular complexity index is 656. The summed E-state index contributed by atoms with van der Waals surface area (Å²) in [4.78, 5) is 14.4. The molecule has 0 bridgehead atoms. The van der Waals surface area contributed by atoms with Crippen molar-refractivity contribution in [2.45, 2.75) is 6.54 Å². The van der Waals surface area contributed by atoms with Crippen LogP contribution in [0.4, 0.5) is 11.4 Å². The van der Waals surface area contributed by atoms with E-state index < -0.39 is 0 Å². The van der Waals surface area contributed by atoms with E-state index in [1.165, 1.54) is 0 Å². The third kappa shape index (κ3) is 3.97. The predicted molar refractivity (Wildman–Crippen MR) is 87.7 cm³/mol. The largest absolute Gasteiger partial charge is 0.398 e. The van der Waals surface area contributed by atoms with Crippen LogP contribution in [0.5, 0.6) is 0 Å². The summed E-state index contributed by atoms with van der Waals surface area (Å²) in [5.74, 6) is -0.240. The first-order chi connectivity index (χ1) is 9.97. The van der Waals surface area contributed by atoms with Gasteiger partial charge < -0.3 is 16.0 Å². The average molecular weight is 304 g/mol. The Hall–Kier alpha value is -2.04. The highest BCUT2D eigenvalue weighted by molar-refractivity contribution is 6.31. The number of hydrogen-bond donors (Lipinski definition) is 2. The van der Waals surface area contributed by atoms with Gasteiger partial charge in [0.1, 0.15) is 0 Å². The van der Waals surface area contributed by atoms with Crippen LogP contribution in [0.25, 0.3) is 0 Å². The molecule has 2 aromatic rings. The number of rotatable bonds is 4. The van der Waals surface area contributed by atoms with Crippen molar-refractivity contribution >= 4 is 28.9 Å². The molecule has 0 aliphatic heterocycles. The number of nitrogens with two attached hydrogens (primary N) is 1. The molecule has 0 heterocycles. The van der Waals surface area contributed by atoms with Crippen LogP contribution in [0.2, 0.25) is 5.02 Å². The van der Waals surface area contributed by atoms with Gasteiger partial charge in [0.25, 0.3) is 5.91 Å². The normalized spacial score (nSPS) is 10.7. The molecule has 0 saturated carbocycles. The molecule has 2 rings (SSSR count). The molecule has 0 aliphatic carbocycles. The van der Waals surface area contributed by atoms with E-state index in [2.05, 4.69) is 5.32 Å². The maximum absolute atomic E-state index is 12.3. The first kappa shape index (κ1) is 15.4. The molecular weight excluding hydrogens is 286 g/mol. The Morgan fingerprint density at radius 1 is 1.24 bits per heavy atom. The van der Waals surface area contributed by atoms with E-state index in [0.717, 1.165) is 17.8 Å². The second-order valence-electron chi connectivity index (χ2n) is 5.08. The van der Waals surface area contributed by atoms with Gasteiger partial charge in [-0.05, 0) is 43.9 Å². The molecule has 2 aromatic carbocycles. The standard InChI is InChI=1S/C16H18ClN3O/c1-20(2)10-11-5-3-4-6-15(11)19-16(21)13-8-7-12(17)9-14(13)18/h3-9H,10,18H2,1-2H3,(H,19,21). The summed E-state index contributed by atoms with van der Waals surface area (Å²) in [6.45, 7) is 0.743. The van der Waals surface area contributed by atoms with Gasteiger partial charge in [-0.1, -0.05) is 29.8 Å². The number of amides is 1. The molecular formula is C16H18ClN3O.